The predicted molar refractivity (Wildman–Crippen MR) is 146 cm³/mol. The maximum atomic E-state index is 13.8. The number of benzene rings is 2. The Bertz CT molecular complexity index is 1610. The van der Waals surface area contributed by atoms with Crippen LogP contribution in [0.3, 0.4) is 0 Å². The number of phenolic OH excluding ortho intramolecular Hbond substituents is 2. The molecule has 2 saturated heterocycles. The van der Waals surface area contributed by atoms with Crippen LogP contribution in [0.1, 0.15) is 12.5 Å². The number of phenols is 4. The molecule has 5 rings (SSSR count). The highest BCUT2D eigenvalue weighted by Gasteiger charge is 2.48. The molecule has 2 aliphatic rings. The van der Waals surface area contributed by atoms with E-state index in [0.29, 0.717) is 0 Å². The van der Waals surface area contributed by atoms with Gasteiger partial charge in [-0.2, -0.15) is 0 Å². The molecule has 0 radical (unpaired) electrons. The van der Waals surface area contributed by atoms with Crippen molar-refractivity contribution in [1.82, 2.24) is 0 Å². The topological polar surface area (TPSA) is 290 Å². The average molecular weight is 641 g/mol. The van der Waals surface area contributed by atoms with Crippen LogP contribution in [0.5, 0.6) is 28.7 Å². The standard InChI is InChI=1S/C28H32O17/c1-8-17(33)21(37)23(39)27(42-8)41-7-15-19(35)22(38)24(40)28(44-15)45-26-20(36)16-14(5-12(31)10(6-29)18(16)34)43-25(26)9-2-3-11(30)13(32)4-9/h2-5,8,15,17,19,21-24,27-35,37-40H,6-7H2,1H3. The van der Waals surface area contributed by atoms with Gasteiger partial charge in [0.2, 0.25) is 17.5 Å². The van der Waals surface area contributed by atoms with Gasteiger partial charge in [-0.3, -0.25) is 4.79 Å². The fourth-order valence-electron chi connectivity index (χ4n) is 5.07. The molecule has 45 heavy (non-hydrogen) atoms. The highest BCUT2D eigenvalue weighted by molar-refractivity contribution is 5.90. The van der Waals surface area contributed by atoms with Crippen molar-refractivity contribution in [3.63, 3.8) is 0 Å². The first-order valence-corrected chi connectivity index (χ1v) is 13.6. The Kier molecular flexibility index (Phi) is 9.11. The minimum atomic E-state index is -2.01. The van der Waals surface area contributed by atoms with E-state index in [-0.39, 0.29) is 11.1 Å². The van der Waals surface area contributed by atoms with Crippen LogP contribution in [0.2, 0.25) is 0 Å². The van der Waals surface area contributed by atoms with Crippen LogP contribution < -0.4 is 10.2 Å². The third-order valence-electron chi connectivity index (χ3n) is 7.73. The van der Waals surface area contributed by atoms with Crippen molar-refractivity contribution in [2.45, 2.75) is 74.9 Å². The first kappa shape index (κ1) is 32.6. The maximum Gasteiger partial charge on any atom is 0.239 e. The number of rotatable bonds is 7. The molecule has 17 nitrogen and oxygen atoms in total. The number of aromatic hydroxyl groups is 4. The van der Waals surface area contributed by atoms with Gasteiger partial charge in [0.1, 0.15) is 65.2 Å². The van der Waals surface area contributed by atoms with Gasteiger partial charge in [-0.1, -0.05) is 0 Å². The van der Waals surface area contributed by atoms with E-state index in [0.717, 1.165) is 18.2 Å². The summed E-state index contributed by atoms with van der Waals surface area (Å²) in [5.74, 6) is -3.85. The van der Waals surface area contributed by atoms with Crippen molar-refractivity contribution in [1.29, 1.82) is 0 Å². The van der Waals surface area contributed by atoms with Gasteiger partial charge < -0.3 is 79.5 Å². The van der Waals surface area contributed by atoms with Crippen LogP contribution >= 0.6 is 0 Å². The Labute approximate surface area is 252 Å². The van der Waals surface area contributed by atoms with Crippen molar-refractivity contribution in [2.24, 2.45) is 0 Å². The van der Waals surface area contributed by atoms with E-state index in [4.69, 9.17) is 23.4 Å². The molecule has 2 aromatic carbocycles. The molecule has 0 saturated carbocycles. The molecule has 2 fully saturated rings. The number of aliphatic hydroxyl groups excluding tert-OH is 7. The molecule has 10 atom stereocenters. The van der Waals surface area contributed by atoms with Crippen LogP contribution in [0, 0.1) is 0 Å². The van der Waals surface area contributed by atoms with E-state index in [2.05, 4.69) is 0 Å². The molecule has 11 N–H and O–H groups in total. The largest absolute Gasteiger partial charge is 0.507 e. The molecule has 0 aliphatic carbocycles. The van der Waals surface area contributed by atoms with Crippen molar-refractivity contribution >= 4 is 11.0 Å². The minimum Gasteiger partial charge on any atom is -0.507 e. The lowest BCUT2D eigenvalue weighted by Gasteiger charge is -2.42. The molecule has 0 bridgehead atoms. The molecular weight excluding hydrogens is 608 g/mol. The van der Waals surface area contributed by atoms with Crippen molar-refractivity contribution in [2.75, 3.05) is 6.61 Å². The van der Waals surface area contributed by atoms with Crippen molar-refractivity contribution in [3.8, 4) is 40.1 Å². The molecule has 2 aliphatic heterocycles. The van der Waals surface area contributed by atoms with E-state index in [1.54, 1.807) is 0 Å². The second kappa shape index (κ2) is 12.6. The van der Waals surface area contributed by atoms with Gasteiger partial charge >= 0.3 is 0 Å². The normalized spacial score (nSPS) is 32.1. The number of hydrogen-bond donors (Lipinski definition) is 11. The fraction of sp³-hybridized carbons (Fsp3) is 0.464. The number of fused-ring (bicyclic) bond motifs is 1. The van der Waals surface area contributed by atoms with E-state index in [9.17, 15) is 61.0 Å². The molecule has 10 unspecified atom stereocenters. The number of hydrogen-bond acceptors (Lipinski definition) is 17. The first-order chi connectivity index (χ1) is 21.2. The summed E-state index contributed by atoms with van der Waals surface area (Å²) in [5, 5.41) is 112. The Morgan fingerprint density at radius 2 is 1.44 bits per heavy atom. The SMILES string of the molecule is CC1OC(OCC2OC(Oc3c(-c4ccc(O)c(O)c4)oc4cc(O)c(CO)c(O)c4c3=O)C(O)C(O)C2O)C(O)C(O)C1O. The summed E-state index contributed by atoms with van der Waals surface area (Å²) in [7, 11) is 0. The van der Waals surface area contributed by atoms with Crippen molar-refractivity contribution < 1.29 is 79.5 Å². The van der Waals surface area contributed by atoms with Crippen LogP contribution in [0.4, 0.5) is 0 Å². The van der Waals surface area contributed by atoms with E-state index >= 15 is 0 Å². The summed E-state index contributed by atoms with van der Waals surface area (Å²) in [6.45, 7) is -0.0937. The average Bonchev–Trinajstić information content (AvgIpc) is 3.00. The Morgan fingerprint density at radius 1 is 0.778 bits per heavy atom. The van der Waals surface area contributed by atoms with Crippen LogP contribution in [-0.4, -0.2) is 124 Å². The third-order valence-corrected chi connectivity index (χ3v) is 7.73. The Morgan fingerprint density at radius 3 is 2.11 bits per heavy atom. The second-order valence-corrected chi connectivity index (χ2v) is 10.7. The van der Waals surface area contributed by atoms with Crippen LogP contribution in [0.15, 0.2) is 33.5 Å². The molecule has 3 heterocycles. The summed E-state index contributed by atoms with van der Waals surface area (Å²) < 4.78 is 27.8. The third kappa shape index (κ3) is 5.86. The zero-order chi connectivity index (χ0) is 32.9. The quantitative estimate of drug-likeness (QED) is 0.122. The maximum absolute atomic E-state index is 13.8. The van der Waals surface area contributed by atoms with E-state index in [1.807, 2.05) is 0 Å². The summed E-state index contributed by atoms with van der Waals surface area (Å²) in [6.07, 6.45) is -16.4. The molecule has 17 heteroatoms. The zero-order valence-corrected chi connectivity index (χ0v) is 23.4. The molecule has 0 amide bonds. The molecule has 3 aromatic rings. The van der Waals surface area contributed by atoms with E-state index < -0.39 is 126 Å². The first-order valence-electron chi connectivity index (χ1n) is 13.6. The summed E-state index contributed by atoms with van der Waals surface area (Å²) in [6, 6.07) is 4.19. The van der Waals surface area contributed by atoms with Gasteiger partial charge in [0, 0.05) is 11.6 Å². The van der Waals surface area contributed by atoms with Crippen LogP contribution in [0.25, 0.3) is 22.3 Å². The smallest absolute Gasteiger partial charge is 0.239 e. The highest BCUT2D eigenvalue weighted by atomic mass is 16.7. The number of aliphatic hydroxyl groups is 7. The Hall–Kier alpha value is -3.75. The van der Waals surface area contributed by atoms with Gasteiger partial charge in [-0.25, -0.2) is 0 Å². The molecular formula is C28H32O17. The lowest BCUT2D eigenvalue weighted by molar-refractivity contribution is -0.318. The highest BCUT2D eigenvalue weighted by Crippen LogP contribution is 2.41. The van der Waals surface area contributed by atoms with E-state index in [1.165, 1.54) is 13.0 Å². The fourth-order valence-corrected chi connectivity index (χ4v) is 5.07. The predicted octanol–water partition coefficient (Wildman–Crippen LogP) is -2.19. The lowest BCUT2D eigenvalue weighted by atomic mass is 9.98. The van der Waals surface area contributed by atoms with Gasteiger partial charge in [-0.15, -0.1) is 0 Å². The summed E-state index contributed by atoms with van der Waals surface area (Å²) in [4.78, 5) is 13.8. The van der Waals surface area contributed by atoms with Crippen LogP contribution in [-0.2, 0) is 20.8 Å². The summed E-state index contributed by atoms with van der Waals surface area (Å²) in [5.41, 5.74) is -2.00. The summed E-state index contributed by atoms with van der Waals surface area (Å²) >= 11 is 0. The lowest BCUT2D eigenvalue weighted by Crippen LogP contribution is -2.61. The van der Waals surface area contributed by atoms with Crippen molar-refractivity contribution in [3.05, 3.63) is 40.1 Å². The molecule has 1 aromatic heterocycles. The van der Waals surface area contributed by atoms with Gasteiger partial charge in [0.05, 0.1) is 24.9 Å². The van der Waals surface area contributed by atoms with Gasteiger partial charge in [0.15, 0.2) is 23.5 Å². The minimum absolute atomic E-state index is 0.0754. The Balaban J connectivity index is 1.51. The molecule has 246 valence electrons. The monoisotopic (exact) mass is 640 g/mol. The number of ether oxygens (including phenoxy) is 4. The zero-order valence-electron chi connectivity index (χ0n) is 23.4. The molecule has 0 spiro atoms. The van der Waals surface area contributed by atoms with Gasteiger partial charge in [-0.05, 0) is 25.1 Å². The van der Waals surface area contributed by atoms with Gasteiger partial charge in [0.25, 0.3) is 0 Å². The second-order valence-electron chi connectivity index (χ2n) is 10.7.